The second kappa shape index (κ2) is 4.70. The normalized spacial score (nSPS) is 12.1. The molecule has 0 aliphatic rings. The lowest BCUT2D eigenvalue weighted by atomic mass is 10.1. The number of alkyl halides is 3. The number of fused-ring (bicyclic) bond motifs is 1. The van der Waals surface area contributed by atoms with Crippen LogP contribution in [-0.2, 0) is 12.6 Å². The van der Waals surface area contributed by atoms with Gasteiger partial charge in [0.15, 0.2) is 0 Å². The van der Waals surface area contributed by atoms with Crippen LogP contribution in [0.1, 0.15) is 11.4 Å². The van der Waals surface area contributed by atoms with E-state index in [1.807, 2.05) is 0 Å². The fourth-order valence-corrected chi connectivity index (χ4v) is 1.77. The van der Waals surface area contributed by atoms with Gasteiger partial charge in [-0.1, -0.05) is 11.6 Å². The topological polar surface area (TPSA) is 46.0 Å². The molecule has 0 bridgehead atoms. The lowest BCUT2D eigenvalue weighted by Gasteiger charge is -2.08. The molecule has 0 atom stereocenters. The Labute approximate surface area is 105 Å². The Kier molecular flexibility index (Phi) is 3.41. The smallest absolute Gasteiger partial charge is 0.396 e. The number of rotatable bonds is 2. The summed E-state index contributed by atoms with van der Waals surface area (Å²) in [6.45, 7) is -0.150. The quantitative estimate of drug-likeness (QED) is 0.858. The first kappa shape index (κ1) is 13.0. The number of nitrogens with zero attached hydrogens (tertiary/aromatic N) is 2. The molecule has 0 aliphatic heterocycles. The van der Waals surface area contributed by atoms with Gasteiger partial charge in [0.1, 0.15) is 11.0 Å². The van der Waals surface area contributed by atoms with Crippen LogP contribution >= 0.6 is 11.6 Å². The van der Waals surface area contributed by atoms with Gasteiger partial charge in [0.2, 0.25) is 0 Å². The largest absolute Gasteiger partial charge is 0.416 e. The van der Waals surface area contributed by atoms with Crippen molar-refractivity contribution in [3.8, 4) is 0 Å². The molecule has 3 nitrogen and oxygen atoms in total. The third-order valence-corrected chi connectivity index (χ3v) is 2.65. The van der Waals surface area contributed by atoms with E-state index in [0.29, 0.717) is 11.3 Å². The molecule has 0 spiro atoms. The number of aromatic nitrogens is 2. The van der Waals surface area contributed by atoms with Crippen LogP contribution in [0.3, 0.4) is 0 Å². The number of halogens is 4. The molecule has 7 heteroatoms. The fourth-order valence-electron chi connectivity index (χ4n) is 1.52. The summed E-state index contributed by atoms with van der Waals surface area (Å²) in [4.78, 5) is 7.87. The van der Waals surface area contributed by atoms with Gasteiger partial charge in [0.25, 0.3) is 0 Å². The summed E-state index contributed by atoms with van der Waals surface area (Å²) in [5.74, 6) is 0.301. The molecule has 18 heavy (non-hydrogen) atoms. The molecule has 0 aliphatic carbocycles. The molecule has 0 radical (unpaired) electrons. The van der Waals surface area contributed by atoms with Crippen molar-refractivity contribution < 1.29 is 18.3 Å². The van der Waals surface area contributed by atoms with Gasteiger partial charge in [0, 0.05) is 11.8 Å². The molecule has 1 N–H and O–H groups in total. The molecule has 1 aromatic carbocycles. The molecule has 0 unspecified atom stereocenters. The summed E-state index contributed by atoms with van der Waals surface area (Å²) >= 11 is 5.82. The van der Waals surface area contributed by atoms with Crippen LogP contribution in [0, 0.1) is 0 Å². The van der Waals surface area contributed by atoms with Gasteiger partial charge in [-0.05, 0) is 18.2 Å². The third kappa shape index (κ3) is 2.54. The fraction of sp³-hybridized carbons (Fsp3) is 0.273. The average Bonchev–Trinajstić information content (AvgIpc) is 2.27. The molecular formula is C11H8ClF3N2O. The standard InChI is InChI=1S/C11H8ClF3N2O/c12-10-7-5-6(11(13,14)15)1-2-8(7)16-9(17-10)3-4-18/h1-2,5,18H,3-4H2. The van der Waals surface area contributed by atoms with E-state index >= 15 is 0 Å². The zero-order valence-electron chi connectivity index (χ0n) is 9.00. The second-order valence-electron chi connectivity index (χ2n) is 3.63. The van der Waals surface area contributed by atoms with Crippen LogP contribution in [0.5, 0.6) is 0 Å². The number of benzene rings is 1. The molecule has 1 heterocycles. The van der Waals surface area contributed by atoms with Crippen molar-refractivity contribution in [2.45, 2.75) is 12.6 Å². The molecule has 0 saturated carbocycles. The first-order chi connectivity index (χ1) is 8.41. The molecule has 2 rings (SSSR count). The van der Waals surface area contributed by atoms with Gasteiger partial charge in [-0.25, -0.2) is 9.97 Å². The van der Waals surface area contributed by atoms with Gasteiger partial charge in [-0.2, -0.15) is 13.2 Å². The minimum atomic E-state index is -4.43. The van der Waals surface area contributed by atoms with E-state index in [4.69, 9.17) is 16.7 Å². The second-order valence-corrected chi connectivity index (χ2v) is 3.99. The monoisotopic (exact) mass is 276 g/mol. The lowest BCUT2D eigenvalue weighted by molar-refractivity contribution is -0.137. The van der Waals surface area contributed by atoms with E-state index in [2.05, 4.69) is 9.97 Å². The van der Waals surface area contributed by atoms with Crippen LogP contribution in [0.4, 0.5) is 13.2 Å². The first-order valence-electron chi connectivity index (χ1n) is 5.06. The minimum absolute atomic E-state index is 0.0467. The van der Waals surface area contributed by atoms with Crippen molar-refractivity contribution in [3.05, 3.63) is 34.7 Å². The Hall–Kier alpha value is -1.40. The van der Waals surface area contributed by atoms with Crippen molar-refractivity contribution in [2.24, 2.45) is 0 Å². The summed E-state index contributed by atoms with van der Waals surface area (Å²) in [6, 6.07) is 3.10. The number of hydrogen-bond donors (Lipinski definition) is 1. The van der Waals surface area contributed by atoms with E-state index in [-0.39, 0.29) is 23.6 Å². The van der Waals surface area contributed by atoms with Gasteiger partial charge < -0.3 is 5.11 Å². The van der Waals surface area contributed by atoms with Gasteiger partial charge >= 0.3 is 6.18 Å². The predicted octanol–water partition coefficient (Wildman–Crippen LogP) is 2.84. The van der Waals surface area contributed by atoms with Crippen molar-refractivity contribution >= 4 is 22.5 Å². The molecule has 2 aromatic rings. The molecule has 1 aromatic heterocycles. The Morgan fingerprint density at radius 1 is 1.22 bits per heavy atom. The molecular weight excluding hydrogens is 269 g/mol. The van der Waals surface area contributed by atoms with Gasteiger partial charge in [-0.15, -0.1) is 0 Å². The lowest BCUT2D eigenvalue weighted by Crippen LogP contribution is -2.05. The molecule has 0 saturated heterocycles. The SMILES string of the molecule is OCCc1nc(Cl)c2cc(C(F)(F)F)ccc2n1. The van der Waals surface area contributed by atoms with Crippen LogP contribution in [0.25, 0.3) is 10.9 Å². The van der Waals surface area contributed by atoms with Crippen LogP contribution in [-0.4, -0.2) is 21.7 Å². The summed E-state index contributed by atoms with van der Waals surface area (Å²) in [7, 11) is 0. The van der Waals surface area contributed by atoms with Crippen LogP contribution in [0.15, 0.2) is 18.2 Å². The maximum Gasteiger partial charge on any atom is 0.416 e. The highest BCUT2D eigenvalue weighted by molar-refractivity contribution is 6.34. The number of aliphatic hydroxyl groups is 1. The zero-order valence-corrected chi connectivity index (χ0v) is 9.76. The highest BCUT2D eigenvalue weighted by Crippen LogP contribution is 2.32. The van der Waals surface area contributed by atoms with Gasteiger partial charge in [-0.3, -0.25) is 0 Å². The highest BCUT2D eigenvalue weighted by atomic mass is 35.5. The number of aliphatic hydroxyl groups excluding tert-OH is 1. The average molecular weight is 277 g/mol. The first-order valence-corrected chi connectivity index (χ1v) is 5.44. The summed E-state index contributed by atoms with van der Waals surface area (Å²) < 4.78 is 37.6. The van der Waals surface area contributed by atoms with Crippen LogP contribution < -0.4 is 0 Å². The Morgan fingerprint density at radius 3 is 2.56 bits per heavy atom. The van der Waals surface area contributed by atoms with Crippen molar-refractivity contribution in [3.63, 3.8) is 0 Å². The summed E-state index contributed by atoms with van der Waals surface area (Å²) in [6.07, 6.45) is -4.22. The zero-order chi connectivity index (χ0) is 13.3. The minimum Gasteiger partial charge on any atom is -0.396 e. The maximum atomic E-state index is 12.5. The summed E-state index contributed by atoms with van der Waals surface area (Å²) in [5.41, 5.74) is -0.471. The van der Waals surface area contributed by atoms with E-state index in [9.17, 15) is 13.2 Å². The van der Waals surface area contributed by atoms with E-state index in [0.717, 1.165) is 12.1 Å². The van der Waals surface area contributed by atoms with Crippen molar-refractivity contribution in [1.82, 2.24) is 9.97 Å². The van der Waals surface area contributed by atoms with Crippen molar-refractivity contribution in [1.29, 1.82) is 0 Å². The molecule has 96 valence electrons. The summed E-state index contributed by atoms with van der Waals surface area (Å²) in [5, 5.41) is 8.86. The number of hydrogen-bond acceptors (Lipinski definition) is 3. The predicted molar refractivity (Wildman–Crippen MR) is 60.3 cm³/mol. The van der Waals surface area contributed by atoms with E-state index < -0.39 is 11.7 Å². The van der Waals surface area contributed by atoms with Crippen LogP contribution in [0.2, 0.25) is 5.15 Å². The van der Waals surface area contributed by atoms with E-state index in [1.165, 1.54) is 6.07 Å². The Morgan fingerprint density at radius 2 is 1.94 bits per heavy atom. The molecule has 0 amide bonds. The Balaban J connectivity index is 2.58. The van der Waals surface area contributed by atoms with Gasteiger partial charge in [0.05, 0.1) is 17.7 Å². The molecule has 0 fully saturated rings. The third-order valence-electron chi connectivity index (χ3n) is 2.36. The maximum absolute atomic E-state index is 12.5. The Bertz CT molecular complexity index is 586. The van der Waals surface area contributed by atoms with Crippen molar-refractivity contribution in [2.75, 3.05) is 6.61 Å². The van der Waals surface area contributed by atoms with E-state index in [1.54, 1.807) is 0 Å². The highest BCUT2D eigenvalue weighted by Gasteiger charge is 2.30.